The van der Waals surface area contributed by atoms with Crippen molar-refractivity contribution in [1.82, 2.24) is 30.4 Å². The third-order valence-corrected chi connectivity index (χ3v) is 6.04. The molecular formula is C25H30N6O3. The number of aryl methyl sites for hydroxylation is 1. The number of aromatic amines is 1. The molecule has 3 aromatic rings. The number of urea groups is 1. The summed E-state index contributed by atoms with van der Waals surface area (Å²) in [7, 11) is 0. The molecule has 9 heteroatoms. The van der Waals surface area contributed by atoms with E-state index in [1.807, 2.05) is 41.4 Å². The molecule has 2 aromatic heterocycles. The normalized spacial score (nSPS) is 13.6. The molecule has 3 N–H and O–H groups in total. The summed E-state index contributed by atoms with van der Waals surface area (Å²) >= 11 is 0. The number of amides is 4. The summed E-state index contributed by atoms with van der Waals surface area (Å²) in [5.74, 6) is -0.0228. The van der Waals surface area contributed by atoms with Crippen LogP contribution in [-0.2, 0) is 22.6 Å². The number of carbonyl (C=O) groups excluding carboxylic acids is 3. The maximum Gasteiger partial charge on any atom is 0.317 e. The smallest absolute Gasteiger partial charge is 0.317 e. The third kappa shape index (κ3) is 6.12. The van der Waals surface area contributed by atoms with Gasteiger partial charge >= 0.3 is 6.03 Å². The van der Waals surface area contributed by atoms with Gasteiger partial charge in [-0.15, -0.1) is 0 Å². The van der Waals surface area contributed by atoms with E-state index in [0.29, 0.717) is 45.6 Å². The Bertz CT molecular complexity index is 1120. The lowest BCUT2D eigenvalue weighted by Crippen LogP contribution is -2.53. The van der Waals surface area contributed by atoms with Crippen LogP contribution in [0.4, 0.5) is 4.79 Å². The monoisotopic (exact) mass is 462 g/mol. The van der Waals surface area contributed by atoms with Crippen LogP contribution in [0.25, 0.3) is 10.9 Å². The lowest BCUT2D eigenvalue weighted by atomic mass is 10.1. The topological polar surface area (TPSA) is 110 Å². The summed E-state index contributed by atoms with van der Waals surface area (Å²) < 4.78 is 0. The van der Waals surface area contributed by atoms with Crippen LogP contribution in [-0.4, -0.2) is 70.3 Å². The van der Waals surface area contributed by atoms with Crippen molar-refractivity contribution in [3.63, 3.8) is 0 Å². The molecular weight excluding hydrogens is 432 g/mol. The Labute approximate surface area is 198 Å². The first-order chi connectivity index (χ1) is 16.6. The van der Waals surface area contributed by atoms with Gasteiger partial charge in [-0.2, -0.15) is 0 Å². The summed E-state index contributed by atoms with van der Waals surface area (Å²) in [5.41, 5.74) is 3.15. The number of aromatic nitrogens is 2. The standard InChI is InChI=1S/C25H30N6O3/c32-23(29-17-19-4-3-10-26-16-19)9-11-27-25(34)31-14-12-30(13-15-31)24(33)8-7-20-18-28-22-6-2-1-5-21(20)22/h1-6,10,16,18,28H,7-9,11-15,17H2,(H,27,34)(H,29,32). The van der Waals surface area contributed by atoms with Crippen LogP contribution < -0.4 is 10.6 Å². The van der Waals surface area contributed by atoms with Crippen LogP contribution in [0.1, 0.15) is 24.0 Å². The Hall–Kier alpha value is -3.88. The average Bonchev–Trinajstić information content (AvgIpc) is 3.30. The first-order valence-corrected chi connectivity index (χ1v) is 11.6. The van der Waals surface area contributed by atoms with E-state index in [2.05, 4.69) is 26.7 Å². The highest BCUT2D eigenvalue weighted by Crippen LogP contribution is 2.19. The third-order valence-electron chi connectivity index (χ3n) is 6.04. The van der Waals surface area contributed by atoms with Crippen molar-refractivity contribution in [3.8, 4) is 0 Å². The van der Waals surface area contributed by atoms with E-state index < -0.39 is 0 Å². The second-order valence-electron chi connectivity index (χ2n) is 8.35. The summed E-state index contributed by atoms with van der Waals surface area (Å²) in [6, 6.07) is 11.6. The number of carbonyl (C=O) groups is 3. The van der Waals surface area contributed by atoms with Crippen LogP contribution in [0.3, 0.4) is 0 Å². The second kappa shape index (κ2) is 11.3. The molecule has 4 amide bonds. The number of fused-ring (bicyclic) bond motifs is 1. The van der Waals surface area contributed by atoms with E-state index in [0.717, 1.165) is 22.0 Å². The molecule has 3 heterocycles. The molecule has 0 saturated carbocycles. The number of hydrogen-bond donors (Lipinski definition) is 3. The number of benzene rings is 1. The Morgan fingerprint density at radius 2 is 1.74 bits per heavy atom. The molecule has 9 nitrogen and oxygen atoms in total. The van der Waals surface area contributed by atoms with Crippen molar-refractivity contribution in [2.75, 3.05) is 32.7 Å². The second-order valence-corrected chi connectivity index (χ2v) is 8.35. The predicted molar refractivity (Wildman–Crippen MR) is 129 cm³/mol. The Morgan fingerprint density at radius 3 is 2.53 bits per heavy atom. The largest absolute Gasteiger partial charge is 0.361 e. The van der Waals surface area contributed by atoms with Gasteiger partial charge in [0.2, 0.25) is 11.8 Å². The molecule has 1 aliphatic heterocycles. The predicted octanol–water partition coefficient (Wildman–Crippen LogP) is 2.06. The van der Waals surface area contributed by atoms with Crippen LogP contribution in [0, 0.1) is 0 Å². The Morgan fingerprint density at radius 1 is 0.941 bits per heavy atom. The number of rotatable bonds is 8. The molecule has 34 heavy (non-hydrogen) atoms. The zero-order valence-electron chi connectivity index (χ0n) is 19.1. The molecule has 1 fully saturated rings. The molecule has 0 spiro atoms. The molecule has 0 bridgehead atoms. The van der Waals surface area contributed by atoms with Crippen LogP contribution >= 0.6 is 0 Å². The maximum atomic E-state index is 12.7. The maximum absolute atomic E-state index is 12.7. The van der Waals surface area contributed by atoms with Crippen molar-refractivity contribution in [2.45, 2.75) is 25.8 Å². The molecule has 1 saturated heterocycles. The minimum Gasteiger partial charge on any atom is -0.361 e. The van der Waals surface area contributed by atoms with Gasteiger partial charge in [0, 0.05) is 81.6 Å². The van der Waals surface area contributed by atoms with Gasteiger partial charge in [-0.25, -0.2) is 4.79 Å². The van der Waals surface area contributed by atoms with Crippen LogP contribution in [0.15, 0.2) is 55.0 Å². The molecule has 0 radical (unpaired) electrons. The van der Waals surface area contributed by atoms with Gasteiger partial charge < -0.3 is 25.4 Å². The highest BCUT2D eigenvalue weighted by Gasteiger charge is 2.24. The van der Waals surface area contributed by atoms with E-state index in [-0.39, 0.29) is 30.8 Å². The Kier molecular flexibility index (Phi) is 7.75. The van der Waals surface area contributed by atoms with E-state index >= 15 is 0 Å². The quantitative estimate of drug-likeness (QED) is 0.476. The minimum atomic E-state index is -0.203. The summed E-state index contributed by atoms with van der Waals surface area (Å²) in [6.45, 7) is 2.69. The van der Waals surface area contributed by atoms with Gasteiger partial charge in [-0.1, -0.05) is 24.3 Å². The number of nitrogens with zero attached hydrogens (tertiary/aromatic N) is 3. The average molecular weight is 463 g/mol. The van der Waals surface area contributed by atoms with Gasteiger partial charge in [-0.3, -0.25) is 14.6 Å². The van der Waals surface area contributed by atoms with Crippen LogP contribution in [0.2, 0.25) is 0 Å². The number of pyridine rings is 1. The van der Waals surface area contributed by atoms with Crippen molar-refractivity contribution in [2.24, 2.45) is 0 Å². The SMILES string of the molecule is O=C(CCNC(=O)N1CCN(C(=O)CCc2c[nH]c3ccccc23)CC1)NCc1cccnc1. The first kappa shape index (κ1) is 23.3. The van der Waals surface area contributed by atoms with Gasteiger partial charge in [-0.05, 0) is 29.7 Å². The lowest BCUT2D eigenvalue weighted by Gasteiger charge is -2.34. The number of nitrogens with one attached hydrogen (secondary N) is 3. The van der Waals surface area contributed by atoms with E-state index in [1.54, 1.807) is 17.3 Å². The zero-order valence-corrected chi connectivity index (χ0v) is 19.1. The fourth-order valence-corrected chi connectivity index (χ4v) is 4.08. The van der Waals surface area contributed by atoms with Crippen molar-refractivity contribution in [3.05, 3.63) is 66.1 Å². The first-order valence-electron chi connectivity index (χ1n) is 11.6. The van der Waals surface area contributed by atoms with Gasteiger partial charge in [0.15, 0.2) is 0 Å². The van der Waals surface area contributed by atoms with Gasteiger partial charge in [0.1, 0.15) is 0 Å². The number of hydrogen-bond acceptors (Lipinski definition) is 4. The van der Waals surface area contributed by atoms with E-state index in [9.17, 15) is 14.4 Å². The van der Waals surface area contributed by atoms with Gasteiger partial charge in [0.05, 0.1) is 0 Å². The fraction of sp³-hybridized carbons (Fsp3) is 0.360. The lowest BCUT2D eigenvalue weighted by molar-refractivity contribution is -0.132. The molecule has 0 unspecified atom stereocenters. The molecule has 0 aliphatic carbocycles. The summed E-state index contributed by atoms with van der Waals surface area (Å²) in [4.78, 5) is 47.8. The summed E-state index contributed by atoms with van der Waals surface area (Å²) in [6.07, 6.45) is 6.70. The number of para-hydroxylation sites is 1. The Balaban J connectivity index is 1.12. The fourth-order valence-electron chi connectivity index (χ4n) is 4.08. The van der Waals surface area contributed by atoms with Crippen LogP contribution in [0.5, 0.6) is 0 Å². The minimum absolute atomic E-state index is 0.107. The van der Waals surface area contributed by atoms with Crippen molar-refractivity contribution < 1.29 is 14.4 Å². The highest BCUT2D eigenvalue weighted by atomic mass is 16.2. The van der Waals surface area contributed by atoms with E-state index in [4.69, 9.17) is 0 Å². The molecule has 1 aromatic carbocycles. The summed E-state index contributed by atoms with van der Waals surface area (Å²) in [5, 5.41) is 6.76. The van der Waals surface area contributed by atoms with Crippen molar-refractivity contribution in [1.29, 1.82) is 0 Å². The number of H-pyrrole nitrogens is 1. The zero-order chi connectivity index (χ0) is 23.8. The highest BCUT2D eigenvalue weighted by molar-refractivity contribution is 5.84. The molecule has 1 aliphatic rings. The molecule has 178 valence electrons. The number of piperazine rings is 1. The molecule has 0 atom stereocenters. The molecule has 4 rings (SSSR count). The van der Waals surface area contributed by atoms with Gasteiger partial charge in [0.25, 0.3) is 0 Å². The van der Waals surface area contributed by atoms with Crippen molar-refractivity contribution >= 4 is 28.7 Å². The van der Waals surface area contributed by atoms with E-state index in [1.165, 1.54) is 0 Å².